The summed E-state index contributed by atoms with van der Waals surface area (Å²) in [5.41, 5.74) is 19.5. The number of hydrogen-bond acceptors (Lipinski definition) is 3. The normalized spacial score (nSPS) is 20.2. The molecule has 9 aromatic carbocycles. The smallest absolute Gasteiger partial charge is 0.256 e. The molecule has 0 saturated heterocycles. The Bertz CT molecular complexity index is 3670. The average Bonchev–Trinajstić information content (AvgIpc) is 3.75. The predicted molar refractivity (Wildman–Crippen MR) is 306 cm³/mol. The minimum atomic E-state index is -0.103. The zero-order valence-corrected chi connectivity index (χ0v) is 41.9. The standard InChI is InChI=1S/C68H58BN3O/c1-67(2,3)50-29-27-47(28-30-50)49-36-63-65-64(37-49)73-66-57(48-17-7-4-8-18-48)38-54(70(51-19-9-5-10-20-51)52-21-11-6-12-22-52)39-59(66)69(65)58-32-31-53(71-60-25-15-13-23-55(60)56-24-14-16-26-61(56)71)40-62(58)72(63)68-41-44-33-45(42-68)35-46(34-44)43-68/h4-32,36-40,44-46H,33-35,41-43H2,1-3H3. The van der Waals surface area contributed by atoms with E-state index in [1.54, 1.807) is 0 Å². The number of aromatic nitrogens is 1. The summed E-state index contributed by atoms with van der Waals surface area (Å²) >= 11 is 0. The van der Waals surface area contributed by atoms with Gasteiger partial charge >= 0.3 is 0 Å². The molecule has 4 saturated carbocycles. The van der Waals surface area contributed by atoms with Gasteiger partial charge in [-0.25, -0.2) is 0 Å². The van der Waals surface area contributed by atoms with E-state index in [4.69, 9.17) is 4.74 Å². The molecule has 73 heavy (non-hydrogen) atoms. The molecule has 0 atom stereocenters. The summed E-state index contributed by atoms with van der Waals surface area (Å²) in [5, 5.41) is 2.57. The summed E-state index contributed by atoms with van der Waals surface area (Å²) in [4.78, 5) is 5.35. The van der Waals surface area contributed by atoms with Crippen molar-refractivity contribution >= 4 is 73.3 Å². The molecule has 16 rings (SSSR count). The van der Waals surface area contributed by atoms with Crippen LogP contribution in [-0.2, 0) is 5.41 Å². The van der Waals surface area contributed by atoms with Crippen LogP contribution in [0.5, 0.6) is 11.5 Å². The highest BCUT2D eigenvalue weighted by atomic mass is 16.5. The second-order valence-corrected chi connectivity index (χ2v) is 23.1. The van der Waals surface area contributed by atoms with Crippen molar-refractivity contribution in [2.45, 2.75) is 70.3 Å². The summed E-state index contributed by atoms with van der Waals surface area (Å²) in [6.07, 6.45) is 7.82. The number of nitrogens with zero attached hydrogens (tertiary/aromatic N) is 3. The Morgan fingerprint density at radius 3 is 1.68 bits per heavy atom. The molecule has 10 aromatic rings. The molecule has 2 aliphatic heterocycles. The molecular formula is C68H58BN3O. The highest BCUT2D eigenvalue weighted by Gasteiger charge is 2.57. The number of hydrogen-bond donors (Lipinski definition) is 0. The minimum absolute atomic E-state index is 0.00878. The molecule has 1 aromatic heterocycles. The average molecular weight is 944 g/mol. The van der Waals surface area contributed by atoms with Crippen LogP contribution in [0.25, 0.3) is 49.7 Å². The lowest BCUT2D eigenvalue weighted by molar-refractivity contribution is 0.000632. The Morgan fingerprint density at radius 2 is 1.08 bits per heavy atom. The Hall–Kier alpha value is -7.76. The van der Waals surface area contributed by atoms with E-state index in [-0.39, 0.29) is 17.7 Å². The fraction of sp³-hybridized carbons (Fsp3) is 0.206. The minimum Gasteiger partial charge on any atom is -0.458 e. The fourth-order valence-electron chi connectivity index (χ4n) is 14.9. The Kier molecular flexibility index (Phi) is 9.47. The third-order valence-corrected chi connectivity index (χ3v) is 17.6. The summed E-state index contributed by atoms with van der Waals surface area (Å²) in [6, 6.07) is 77.2. The molecule has 4 aliphatic carbocycles. The largest absolute Gasteiger partial charge is 0.458 e. The van der Waals surface area contributed by atoms with Crippen molar-refractivity contribution in [2.75, 3.05) is 9.80 Å². The molecule has 0 N–H and O–H groups in total. The van der Waals surface area contributed by atoms with Crippen molar-refractivity contribution in [2.24, 2.45) is 17.8 Å². The van der Waals surface area contributed by atoms with Gasteiger partial charge in [0.2, 0.25) is 0 Å². The SMILES string of the molecule is CC(C)(C)c1ccc(-c2cc3c4c(c2)N(C25CC6CC(CC(C6)C2)C5)c2cc(-n5c6ccccc6c6ccccc65)ccc2B4c2cc(N(c4ccccc4)c4ccccc4)cc(-c4ccccc4)c2O3)cc1. The van der Waals surface area contributed by atoms with Gasteiger partial charge < -0.3 is 19.1 Å². The predicted octanol–water partition coefficient (Wildman–Crippen LogP) is 15.9. The fourth-order valence-corrected chi connectivity index (χ4v) is 14.9. The van der Waals surface area contributed by atoms with Gasteiger partial charge in [0.1, 0.15) is 11.5 Å². The van der Waals surface area contributed by atoms with E-state index in [0.29, 0.717) is 0 Å². The number of ether oxygens (including phenoxy) is 1. The van der Waals surface area contributed by atoms with E-state index in [1.165, 1.54) is 110 Å². The molecule has 4 fully saturated rings. The lowest BCUT2D eigenvalue weighted by atomic mass is 9.33. The van der Waals surface area contributed by atoms with Crippen molar-refractivity contribution in [3.63, 3.8) is 0 Å². The number of anilines is 5. The number of para-hydroxylation sites is 4. The maximum atomic E-state index is 7.71. The van der Waals surface area contributed by atoms with Crippen molar-refractivity contribution in [1.82, 2.24) is 4.57 Å². The molecule has 4 nitrogen and oxygen atoms in total. The molecule has 5 heteroatoms. The van der Waals surface area contributed by atoms with Gasteiger partial charge in [-0.3, -0.25) is 0 Å². The Morgan fingerprint density at radius 1 is 0.507 bits per heavy atom. The lowest BCUT2D eigenvalue weighted by Gasteiger charge is -2.62. The quantitative estimate of drug-likeness (QED) is 0.149. The number of benzene rings is 9. The third kappa shape index (κ3) is 6.73. The molecule has 0 spiro atoms. The van der Waals surface area contributed by atoms with E-state index >= 15 is 0 Å². The molecular weight excluding hydrogens is 886 g/mol. The Balaban J connectivity index is 1.04. The maximum absolute atomic E-state index is 7.71. The van der Waals surface area contributed by atoms with Crippen LogP contribution in [0.15, 0.2) is 206 Å². The maximum Gasteiger partial charge on any atom is 0.256 e. The highest BCUT2D eigenvalue weighted by molar-refractivity contribution is 6.99. The highest BCUT2D eigenvalue weighted by Crippen LogP contribution is 2.61. The number of fused-ring (bicyclic) bond motifs is 7. The van der Waals surface area contributed by atoms with E-state index < -0.39 is 0 Å². The molecule has 3 heterocycles. The molecule has 0 unspecified atom stereocenters. The van der Waals surface area contributed by atoms with Crippen molar-refractivity contribution in [3.05, 3.63) is 212 Å². The van der Waals surface area contributed by atoms with Crippen LogP contribution in [0.4, 0.5) is 28.4 Å². The van der Waals surface area contributed by atoms with Gasteiger partial charge in [-0.05, 0) is 173 Å². The van der Waals surface area contributed by atoms with Crippen LogP contribution in [0.1, 0.15) is 64.9 Å². The summed E-state index contributed by atoms with van der Waals surface area (Å²) in [5.74, 6) is 4.16. The molecule has 0 amide bonds. The van der Waals surface area contributed by atoms with Gasteiger partial charge in [0.25, 0.3) is 6.71 Å². The van der Waals surface area contributed by atoms with E-state index in [0.717, 1.165) is 57.4 Å². The van der Waals surface area contributed by atoms with Crippen LogP contribution < -0.4 is 30.9 Å². The molecule has 6 aliphatic rings. The first-order valence-electron chi connectivity index (χ1n) is 26.8. The van der Waals surface area contributed by atoms with E-state index in [9.17, 15) is 0 Å². The monoisotopic (exact) mass is 943 g/mol. The third-order valence-electron chi connectivity index (χ3n) is 17.6. The first-order valence-corrected chi connectivity index (χ1v) is 26.8. The van der Waals surface area contributed by atoms with Gasteiger partial charge in [-0.2, -0.15) is 0 Å². The van der Waals surface area contributed by atoms with Crippen LogP contribution in [0.2, 0.25) is 0 Å². The topological polar surface area (TPSA) is 20.6 Å². The summed E-state index contributed by atoms with van der Waals surface area (Å²) in [6.45, 7) is 6.81. The summed E-state index contributed by atoms with van der Waals surface area (Å²) < 4.78 is 10.2. The van der Waals surface area contributed by atoms with Gasteiger partial charge in [-0.15, -0.1) is 0 Å². The van der Waals surface area contributed by atoms with Gasteiger partial charge in [0.05, 0.1) is 11.0 Å². The Labute approximate surface area is 429 Å². The second-order valence-electron chi connectivity index (χ2n) is 23.1. The van der Waals surface area contributed by atoms with Crippen LogP contribution in [0, 0.1) is 17.8 Å². The van der Waals surface area contributed by atoms with Gasteiger partial charge in [-0.1, -0.05) is 154 Å². The number of rotatable bonds is 7. The zero-order valence-electron chi connectivity index (χ0n) is 41.9. The van der Waals surface area contributed by atoms with Crippen LogP contribution in [-0.4, -0.2) is 16.8 Å². The van der Waals surface area contributed by atoms with Gasteiger partial charge in [0.15, 0.2) is 0 Å². The van der Waals surface area contributed by atoms with E-state index in [1.807, 2.05) is 0 Å². The summed E-state index contributed by atoms with van der Waals surface area (Å²) in [7, 11) is 0. The van der Waals surface area contributed by atoms with Crippen molar-refractivity contribution in [1.29, 1.82) is 0 Å². The molecule has 0 radical (unpaired) electrons. The first-order chi connectivity index (χ1) is 35.7. The van der Waals surface area contributed by atoms with E-state index in [2.05, 4.69) is 241 Å². The molecule has 4 bridgehead atoms. The first kappa shape index (κ1) is 42.9. The zero-order chi connectivity index (χ0) is 48.6. The molecule has 354 valence electrons. The van der Waals surface area contributed by atoms with Crippen molar-refractivity contribution in [3.8, 4) is 39.4 Å². The van der Waals surface area contributed by atoms with Crippen molar-refractivity contribution < 1.29 is 4.74 Å². The van der Waals surface area contributed by atoms with Gasteiger partial charge in [0, 0.05) is 56.0 Å². The van der Waals surface area contributed by atoms with Crippen LogP contribution >= 0.6 is 0 Å². The lowest BCUT2D eigenvalue weighted by Crippen LogP contribution is -2.66. The van der Waals surface area contributed by atoms with Crippen LogP contribution in [0.3, 0.4) is 0 Å². The second kappa shape index (κ2) is 16.1.